The van der Waals surface area contributed by atoms with Crippen molar-refractivity contribution in [2.45, 2.75) is 32.8 Å². The van der Waals surface area contributed by atoms with Gasteiger partial charge in [-0.1, -0.05) is 26.0 Å². The largest absolute Gasteiger partial charge is 0.494 e. The van der Waals surface area contributed by atoms with Crippen molar-refractivity contribution in [1.82, 2.24) is 10.3 Å². The number of amides is 1. The summed E-state index contributed by atoms with van der Waals surface area (Å²) in [6, 6.07) is 13.1. The van der Waals surface area contributed by atoms with Crippen LogP contribution in [0.15, 0.2) is 53.2 Å². The lowest BCUT2D eigenvalue weighted by atomic mass is 10.1. The fourth-order valence-corrected chi connectivity index (χ4v) is 2.60. The lowest BCUT2D eigenvalue weighted by molar-refractivity contribution is -0.122. The second-order valence-corrected chi connectivity index (χ2v) is 6.27. The van der Waals surface area contributed by atoms with Gasteiger partial charge < -0.3 is 14.8 Å². The fraction of sp³-hybridized carbons (Fsp3) is 0.286. The van der Waals surface area contributed by atoms with Gasteiger partial charge in [-0.25, -0.2) is 9.02 Å². The molecule has 0 fully saturated rings. The molecule has 0 aliphatic heterocycles. The SMILES string of the molecule is CCCOc1ccc(-c2nonc2NC(=O)[C@@H](CC)Oc2ccccc2F)cc1. The van der Waals surface area contributed by atoms with Gasteiger partial charge >= 0.3 is 0 Å². The van der Waals surface area contributed by atoms with E-state index in [-0.39, 0.29) is 11.6 Å². The van der Waals surface area contributed by atoms with Crippen molar-refractivity contribution in [3.63, 3.8) is 0 Å². The Bertz CT molecular complexity index is 943. The van der Waals surface area contributed by atoms with Crippen molar-refractivity contribution in [3.05, 3.63) is 54.3 Å². The maximum Gasteiger partial charge on any atom is 0.266 e. The monoisotopic (exact) mass is 399 g/mol. The van der Waals surface area contributed by atoms with Gasteiger partial charge in [0.25, 0.3) is 5.91 Å². The van der Waals surface area contributed by atoms with E-state index in [0.29, 0.717) is 24.3 Å². The van der Waals surface area contributed by atoms with Gasteiger partial charge in [0.05, 0.1) is 6.61 Å². The summed E-state index contributed by atoms with van der Waals surface area (Å²) < 4.78 is 29.7. The van der Waals surface area contributed by atoms with Crippen LogP contribution in [0.1, 0.15) is 26.7 Å². The lowest BCUT2D eigenvalue weighted by Crippen LogP contribution is -2.32. The van der Waals surface area contributed by atoms with Gasteiger partial charge in [0.15, 0.2) is 23.4 Å². The number of para-hydroxylation sites is 1. The highest BCUT2D eigenvalue weighted by molar-refractivity contribution is 5.96. The number of hydrogen-bond donors (Lipinski definition) is 1. The van der Waals surface area contributed by atoms with Crippen LogP contribution in [0.4, 0.5) is 10.2 Å². The summed E-state index contributed by atoms with van der Waals surface area (Å²) >= 11 is 0. The van der Waals surface area contributed by atoms with Crippen molar-refractivity contribution in [2.24, 2.45) is 0 Å². The fourth-order valence-electron chi connectivity index (χ4n) is 2.60. The molecule has 0 bridgehead atoms. The molecular weight excluding hydrogens is 377 g/mol. The van der Waals surface area contributed by atoms with E-state index in [2.05, 4.69) is 15.6 Å². The molecule has 0 saturated heterocycles. The molecule has 152 valence electrons. The molecule has 29 heavy (non-hydrogen) atoms. The average molecular weight is 399 g/mol. The summed E-state index contributed by atoms with van der Waals surface area (Å²) in [6.45, 7) is 4.43. The van der Waals surface area contributed by atoms with Crippen LogP contribution in [0.3, 0.4) is 0 Å². The van der Waals surface area contributed by atoms with E-state index in [1.165, 1.54) is 12.1 Å². The molecule has 1 heterocycles. The number of hydrogen-bond acceptors (Lipinski definition) is 6. The third-order valence-electron chi connectivity index (χ3n) is 4.10. The van der Waals surface area contributed by atoms with Crippen molar-refractivity contribution >= 4 is 11.7 Å². The van der Waals surface area contributed by atoms with Crippen LogP contribution in [0.5, 0.6) is 11.5 Å². The molecule has 3 rings (SSSR count). The van der Waals surface area contributed by atoms with Gasteiger partial charge in [-0.2, -0.15) is 0 Å². The summed E-state index contributed by atoms with van der Waals surface area (Å²) in [5, 5.41) is 10.3. The number of carbonyl (C=O) groups is 1. The third kappa shape index (κ3) is 5.10. The minimum absolute atomic E-state index is 0.00988. The number of nitrogens with zero attached hydrogens (tertiary/aromatic N) is 2. The molecule has 0 aliphatic rings. The van der Waals surface area contributed by atoms with E-state index >= 15 is 0 Å². The topological polar surface area (TPSA) is 86.5 Å². The summed E-state index contributed by atoms with van der Waals surface area (Å²) in [4.78, 5) is 12.6. The summed E-state index contributed by atoms with van der Waals surface area (Å²) in [6.07, 6.45) is 0.351. The number of benzene rings is 2. The van der Waals surface area contributed by atoms with Crippen LogP contribution in [0, 0.1) is 5.82 Å². The number of aromatic nitrogens is 2. The standard InChI is InChI=1S/C21H22FN3O4/c1-3-13-27-15-11-9-14(10-12-15)19-20(25-29-24-19)23-21(26)17(4-2)28-18-8-6-5-7-16(18)22/h5-12,17H,3-4,13H2,1-2H3,(H,23,25,26)/t17-/m1/s1. The van der Waals surface area contributed by atoms with Crippen LogP contribution < -0.4 is 14.8 Å². The van der Waals surface area contributed by atoms with Gasteiger partial charge in [-0.3, -0.25) is 4.79 Å². The van der Waals surface area contributed by atoms with Crippen LogP contribution in [-0.4, -0.2) is 28.9 Å². The molecule has 1 N–H and O–H groups in total. The van der Waals surface area contributed by atoms with Crippen molar-refractivity contribution in [3.8, 4) is 22.8 Å². The van der Waals surface area contributed by atoms with E-state index in [9.17, 15) is 9.18 Å². The molecule has 8 heteroatoms. The summed E-state index contributed by atoms with van der Waals surface area (Å²) in [5.41, 5.74) is 1.08. The first kappa shape index (κ1) is 20.3. The van der Waals surface area contributed by atoms with Gasteiger partial charge in [0.1, 0.15) is 5.75 Å². The zero-order valence-corrected chi connectivity index (χ0v) is 16.2. The van der Waals surface area contributed by atoms with Crippen molar-refractivity contribution in [2.75, 3.05) is 11.9 Å². The Morgan fingerprint density at radius 2 is 1.90 bits per heavy atom. The number of anilines is 1. The van der Waals surface area contributed by atoms with Gasteiger partial charge in [-0.05, 0) is 59.6 Å². The summed E-state index contributed by atoms with van der Waals surface area (Å²) in [7, 11) is 0. The molecule has 0 radical (unpaired) electrons. The Kier molecular flexibility index (Phi) is 6.78. The first-order valence-electron chi connectivity index (χ1n) is 9.40. The number of carbonyl (C=O) groups excluding carboxylic acids is 1. The van der Waals surface area contributed by atoms with Crippen LogP contribution >= 0.6 is 0 Å². The average Bonchev–Trinajstić information content (AvgIpc) is 3.20. The molecule has 0 spiro atoms. The van der Waals surface area contributed by atoms with Gasteiger partial charge in [0, 0.05) is 5.56 Å². The second kappa shape index (κ2) is 9.68. The Labute approximate surface area is 167 Å². The highest BCUT2D eigenvalue weighted by Crippen LogP contribution is 2.27. The first-order chi connectivity index (χ1) is 14.1. The highest BCUT2D eigenvalue weighted by Gasteiger charge is 2.23. The Hall–Kier alpha value is -3.42. The zero-order valence-electron chi connectivity index (χ0n) is 16.2. The minimum atomic E-state index is -0.902. The van der Waals surface area contributed by atoms with E-state index in [1.807, 2.05) is 6.92 Å². The lowest BCUT2D eigenvalue weighted by Gasteiger charge is -2.17. The number of rotatable bonds is 9. The molecule has 0 unspecified atom stereocenters. The molecule has 1 amide bonds. The molecule has 1 aromatic heterocycles. The molecule has 0 saturated carbocycles. The van der Waals surface area contributed by atoms with Crippen molar-refractivity contribution < 1.29 is 23.3 Å². The second-order valence-electron chi connectivity index (χ2n) is 6.27. The number of nitrogens with one attached hydrogen (secondary N) is 1. The smallest absolute Gasteiger partial charge is 0.266 e. The van der Waals surface area contributed by atoms with E-state index < -0.39 is 17.8 Å². The Balaban J connectivity index is 1.71. The van der Waals surface area contributed by atoms with Gasteiger partial charge in [-0.15, -0.1) is 0 Å². The number of ether oxygens (including phenoxy) is 2. The van der Waals surface area contributed by atoms with Crippen LogP contribution in [0.25, 0.3) is 11.3 Å². The molecule has 7 nitrogen and oxygen atoms in total. The molecule has 2 aromatic carbocycles. The quantitative estimate of drug-likeness (QED) is 0.572. The third-order valence-corrected chi connectivity index (χ3v) is 4.10. The van der Waals surface area contributed by atoms with E-state index in [4.69, 9.17) is 14.1 Å². The van der Waals surface area contributed by atoms with Gasteiger partial charge in [0.2, 0.25) is 5.82 Å². The normalized spacial score (nSPS) is 11.7. The van der Waals surface area contributed by atoms with E-state index in [1.54, 1.807) is 43.3 Å². The van der Waals surface area contributed by atoms with E-state index in [0.717, 1.165) is 12.2 Å². The predicted molar refractivity (Wildman–Crippen MR) is 105 cm³/mol. The first-order valence-corrected chi connectivity index (χ1v) is 9.40. The Morgan fingerprint density at radius 3 is 2.59 bits per heavy atom. The zero-order chi connectivity index (χ0) is 20.6. The molecule has 0 aliphatic carbocycles. The van der Waals surface area contributed by atoms with Crippen LogP contribution in [0.2, 0.25) is 0 Å². The predicted octanol–water partition coefficient (Wildman–Crippen LogP) is 4.46. The molecular formula is C21H22FN3O4. The number of halogens is 1. The highest BCUT2D eigenvalue weighted by atomic mass is 19.1. The maximum absolute atomic E-state index is 13.8. The molecule has 3 aromatic rings. The van der Waals surface area contributed by atoms with Crippen molar-refractivity contribution in [1.29, 1.82) is 0 Å². The van der Waals surface area contributed by atoms with Crippen LogP contribution in [-0.2, 0) is 4.79 Å². The Morgan fingerprint density at radius 1 is 1.14 bits per heavy atom. The minimum Gasteiger partial charge on any atom is -0.494 e. The maximum atomic E-state index is 13.8. The summed E-state index contributed by atoms with van der Waals surface area (Å²) in [5.74, 6) is -0.103. The molecule has 1 atom stereocenters.